The molecule has 0 saturated heterocycles. The van der Waals surface area contributed by atoms with Crippen LogP contribution < -0.4 is 0 Å². The van der Waals surface area contributed by atoms with Crippen LogP contribution in [0.4, 0.5) is 0 Å². The van der Waals surface area contributed by atoms with Crippen molar-refractivity contribution in [3.05, 3.63) is 73.5 Å². The molecule has 164 valence electrons. The fraction of sp³-hybridized carbons (Fsp3) is 0.517. The molecule has 0 heterocycles. The van der Waals surface area contributed by atoms with E-state index in [2.05, 4.69) is 77.9 Å². The molecule has 2 aliphatic carbocycles. The summed E-state index contributed by atoms with van der Waals surface area (Å²) in [6, 6.07) is 15.9. The molecule has 0 aromatic heterocycles. The van der Waals surface area contributed by atoms with Crippen LogP contribution in [0.1, 0.15) is 102 Å². The van der Waals surface area contributed by atoms with Gasteiger partial charge in [-0.05, 0) is 46.6 Å². The molecule has 4 rings (SSSR count). The van der Waals surface area contributed by atoms with Gasteiger partial charge in [0.1, 0.15) is 0 Å². The Balaban J connectivity index is 0.00000150. The molecular weight excluding hydrogens is 527 g/mol. The van der Waals surface area contributed by atoms with Crippen LogP contribution in [0.2, 0.25) is 0 Å². The predicted molar refractivity (Wildman–Crippen MR) is 129 cm³/mol. The average Bonchev–Trinajstić information content (AvgIpc) is 2.94. The summed E-state index contributed by atoms with van der Waals surface area (Å²) in [6.07, 6.45) is 6.94. The summed E-state index contributed by atoms with van der Waals surface area (Å²) in [6.45, 7) is 13.9. The van der Waals surface area contributed by atoms with E-state index in [1.165, 1.54) is 59.9 Å². The van der Waals surface area contributed by atoms with Gasteiger partial charge < -0.3 is 14.9 Å². The Labute approximate surface area is 206 Å². The van der Waals surface area contributed by atoms with Crippen LogP contribution in [-0.4, -0.2) is 0 Å². The van der Waals surface area contributed by atoms with Crippen molar-refractivity contribution in [3.63, 3.8) is 0 Å². The van der Waals surface area contributed by atoms with Gasteiger partial charge in [-0.15, -0.1) is 11.1 Å². The third-order valence-corrected chi connectivity index (χ3v) is 6.76. The summed E-state index contributed by atoms with van der Waals surface area (Å²) in [5.74, 6) is 1.32. The average molecular weight is 568 g/mol. The van der Waals surface area contributed by atoms with Gasteiger partial charge in [-0.1, -0.05) is 84.6 Å². The van der Waals surface area contributed by atoms with Gasteiger partial charge >= 0.3 is 0 Å². The number of hydrogen-bond acceptors (Lipinski definition) is 0. The summed E-state index contributed by atoms with van der Waals surface area (Å²) in [4.78, 5) is 0. The SMILES string of the molecule is CC(C)(C)c1[c-]c2c(cc1)-c1ccc(C(C)(C)C)cc1C2C1CCCCC1.[CH3-].[CH3-].[Hf]. The van der Waals surface area contributed by atoms with E-state index < -0.39 is 0 Å². The van der Waals surface area contributed by atoms with E-state index in [4.69, 9.17) is 0 Å². The van der Waals surface area contributed by atoms with Crippen molar-refractivity contribution >= 4 is 0 Å². The molecule has 1 heteroatoms. The van der Waals surface area contributed by atoms with E-state index in [-0.39, 0.29) is 51.5 Å². The summed E-state index contributed by atoms with van der Waals surface area (Å²) >= 11 is 0. The van der Waals surface area contributed by atoms with Gasteiger partial charge in [-0.25, -0.2) is 0 Å². The summed E-state index contributed by atoms with van der Waals surface area (Å²) in [7, 11) is 0. The minimum Gasteiger partial charge on any atom is -0.358 e. The fourth-order valence-electron chi connectivity index (χ4n) is 5.07. The molecule has 1 fully saturated rings. The van der Waals surface area contributed by atoms with Gasteiger partial charge in [-0.2, -0.15) is 23.8 Å². The van der Waals surface area contributed by atoms with Gasteiger partial charge in [-0.3, -0.25) is 0 Å². The molecule has 1 saturated carbocycles. The van der Waals surface area contributed by atoms with Crippen molar-refractivity contribution in [3.8, 4) is 11.1 Å². The van der Waals surface area contributed by atoms with Gasteiger partial charge in [0.15, 0.2) is 0 Å². The molecule has 0 aliphatic heterocycles. The molecule has 0 amide bonds. The zero-order valence-electron chi connectivity index (χ0n) is 20.6. The first-order valence-electron chi connectivity index (χ1n) is 10.9. The van der Waals surface area contributed by atoms with Crippen LogP contribution in [0.3, 0.4) is 0 Å². The molecule has 0 bridgehead atoms. The molecular formula is C29H41Hf-3. The van der Waals surface area contributed by atoms with E-state index in [9.17, 15) is 0 Å². The monoisotopic (exact) mass is 569 g/mol. The predicted octanol–water partition coefficient (Wildman–Crippen LogP) is 8.67. The summed E-state index contributed by atoms with van der Waals surface area (Å²) in [5, 5.41) is 0. The Morgan fingerprint density at radius 1 is 0.767 bits per heavy atom. The number of benzene rings is 2. The van der Waals surface area contributed by atoms with Crippen LogP contribution in [0, 0.1) is 26.8 Å². The molecule has 30 heavy (non-hydrogen) atoms. The second kappa shape index (κ2) is 9.85. The normalized spacial score (nSPS) is 18.4. The van der Waals surface area contributed by atoms with Crippen LogP contribution in [0.25, 0.3) is 11.1 Å². The van der Waals surface area contributed by atoms with E-state index >= 15 is 0 Å². The van der Waals surface area contributed by atoms with Crippen LogP contribution in [-0.2, 0) is 36.7 Å². The Morgan fingerprint density at radius 2 is 1.37 bits per heavy atom. The maximum absolute atomic E-state index is 3.92. The Bertz CT molecular complexity index is 778. The Morgan fingerprint density at radius 3 is 1.93 bits per heavy atom. The zero-order chi connectivity index (χ0) is 19.4. The topological polar surface area (TPSA) is 0 Å². The largest absolute Gasteiger partial charge is 0.358 e. The van der Waals surface area contributed by atoms with Crippen molar-refractivity contribution in [2.45, 2.75) is 90.4 Å². The minimum atomic E-state index is 0. The van der Waals surface area contributed by atoms with Crippen molar-refractivity contribution < 1.29 is 25.8 Å². The Hall–Kier alpha value is -0.690. The van der Waals surface area contributed by atoms with Crippen molar-refractivity contribution in [2.75, 3.05) is 0 Å². The smallest absolute Gasteiger partial charge is 0 e. The first-order chi connectivity index (χ1) is 12.7. The molecule has 0 spiro atoms. The third kappa shape index (κ3) is 5.03. The van der Waals surface area contributed by atoms with E-state index in [0.717, 1.165) is 5.92 Å². The maximum Gasteiger partial charge on any atom is 0 e. The van der Waals surface area contributed by atoms with Crippen LogP contribution in [0.15, 0.2) is 30.3 Å². The van der Waals surface area contributed by atoms with Crippen LogP contribution >= 0.6 is 0 Å². The first kappa shape index (κ1) is 27.3. The van der Waals surface area contributed by atoms with E-state index in [0.29, 0.717) is 5.92 Å². The zero-order valence-corrected chi connectivity index (χ0v) is 24.2. The molecule has 0 N–H and O–H groups in total. The molecule has 2 aromatic carbocycles. The Kier molecular flexibility index (Phi) is 8.97. The molecule has 1 unspecified atom stereocenters. The first-order valence-corrected chi connectivity index (χ1v) is 10.9. The van der Waals surface area contributed by atoms with Gasteiger partial charge in [0.25, 0.3) is 0 Å². The fourth-order valence-corrected chi connectivity index (χ4v) is 5.07. The summed E-state index contributed by atoms with van der Waals surface area (Å²) < 4.78 is 0. The van der Waals surface area contributed by atoms with Crippen molar-refractivity contribution in [1.29, 1.82) is 0 Å². The number of hydrogen-bond donors (Lipinski definition) is 0. The quantitative estimate of drug-likeness (QED) is 0.239. The van der Waals surface area contributed by atoms with E-state index in [1.807, 2.05) is 0 Å². The molecule has 2 aromatic rings. The second-order valence-corrected chi connectivity index (χ2v) is 10.9. The van der Waals surface area contributed by atoms with Crippen molar-refractivity contribution in [2.24, 2.45) is 5.92 Å². The molecule has 1 atom stereocenters. The standard InChI is InChI=1S/C27H35.2CH3.Hf/c1-26(2,3)19-12-14-21-22-15-13-20(27(4,5)6)17-24(22)25(23(21)16-19)18-10-8-7-9-11-18;;;/h12-16,18,25H,7-11H2,1-6H3;2*1H3;/q3*-1;. The number of fused-ring (bicyclic) bond motifs is 3. The maximum atomic E-state index is 3.92. The van der Waals surface area contributed by atoms with Gasteiger partial charge in [0.2, 0.25) is 0 Å². The van der Waals surface area contributed by atoms with Gasteiger partial charge in [0.05, 0.1) is 0 Å². The van der Waals surface area contributed by atoms with E-state index in [1.54, 1.807) is 5.56 Å². The molecule has 0 radical (unpaired) electrons. The molecule has 0 nitrogen and oxygen atoms in total. The van der Waals surface area contributed by atoms with Crippen molar-refractivity contribution in [1.82, 2.24) is 0 Å². The minimum absolute atomic E-state index is 0. The van der Waals surface area contributed by atoms with Crippen LogP contribution in [0.5, 0.6) is 0 Å². The number of rotatable bonds is 1. The summed E-state index contributed by atoms with van der Waals surface area (Å²) in [5.41, 5.74) is 9.12. The molecule has 2 aliphatic rings. The third-order valence-electron chi connectivity index (χ3n) is 6.76. The second-order valence-electron chi connectivity index (χ2n) is 10.9. The van der Waals surface area contributed by atoms with Gasteiger partial charge in [0, 0.05) is 25.8 Å².